The van der Waals surface area contributed by atoms with Gasteiger partial charge in [0.15, 0.2) is 10.8 Å². The Bertz CT molecular complexity index is 1470. The van der Waals surface area contributed by atoms with E-state index in [0.717, 1.165) is 6.07 Å². The molecule has 1 unspecified atom stereocenters. The lowest BCUT2D eigenvalue weighted by Crippen LogP contribution is -2.28. The van der Waals surface area contributed by atoms with Crippen molar-refractivity contribution in [3.8, 4) is 5.69 Å². The Labute approximate surface area is 199 Å². The first-order valence-electron chi connectivity index (χ1n) is 10.1. The van der Waals surface area contributed by atoms with E-state index in [4.69, 9.17) is 11.6 Å². The van der Waals surface area contributed by atoms with E-state index < -0.39 is 23.7 Å². The van der Waals surface area contributed by atoms with Gasteiger partial charge in [0, 0.05) is 17.2 Å². The predicted octanol–water partition coefficient (Wildman–Crippen LogP) is 4.93. The largest absolute Gasteiger partial charge is 0.418 e. The van der Waals surface area contributed by atoms with E-state index in [-0.39, 0.29) is 23.1 Å². The van der Waals surface area contributed by atoms with E-state index in [1.807, 2.05) is 0 Å². The Morgan fingerprint density at radius 3 is 2.65 bits per heavy atom. The first-order valence-corrected chi connectivity index (χ1v) is 11.4. The van der Waals surface area contributed by atoms with Gasteiger partial charge < -0.3 is 5.32 Å². The highest BCUT2D eigenvalue weighted by Crippen LogP contribution is 2.36. The third kappa shape index (κ3) is 4.05. The predicted molar refractivity (Wildman–Crippen MR) is 123 cm³/mol. The Hall–Kier alpha value is -3.31. The number of hydrogen-bond acceptors (Lipinski definition) is 5. The number of para-hydroxylation sites is 1. The summed E-state index contributed by atoms with van der Waals surface area (Å²) in [5.74, 6) is -0.239. The second-order valence-electron chi connectivity index (χ2n) is 7.60. The van der Waals surface area contributed by atoms with E-state index >= 15 is 0 Å². The fourth-order valence-electron chi connectivity index (χ4n) is 3.81. The number of benzene rings is 2. The molecule has 1 aliphatic rings. The molecule has 1 amide bonds. The molecule has 0 fully saturated rings. The zero-order valence-corrected chi connectivity index (χ0v) is 18.8. The molecule has 174 valence electrons. The molecule has 0 saturated heterocycles. The molecular weight excluding hydrogens is 491 g/mol. The van der Waals surface area contributed by atoms with Crippen LogP contribution in [0.3, 0.4) is 0 Å². The van der Waals surface area contributed by atoms with Crippen molar-refractivity contribution in [1.29, 1.82) is 0 Å². The second-order valence-corrected chi connectivity index (χ2v) is 9.02. The molecule has 0 radical (unpaired) electrons. The minimum atomic E-state index is -4.60. The Kier molecular flexibility index (Phi) is 5.61. The van der Waals surface area contributed by atoms with Gasteiger partial charge in [-0.1, -0.05) is 35.5 Å². The van der Waals surface area contributed by atoms with E-state index in [1.165, 1.54) is 45.4 Å². The third-order valence-corrected chi connectivity index (χ3v) is 6.72. The number of carbonyl (C=O) groups is 1. The topological polar surface area (TPSA) is 81.8 Å². The molecular formula is C22H15ClF3N5O2S. The van der Waals surface area contributed by atoms with Crippen LogP contribution in [0.2, 0.25) is 5.02 Å². The van der Waals surface area contributed by atoms with Crippen LogP contribution in [0.25, 0.3) is 16.7 Å². The lowest BCUT2D eigenvalue weighted by atomic mass is 10.1. The lowest BCUT2D eigenvalue weighted by molar-refractivity contribution is -0.137. The molecule has 1 aliphatic heterocycles. The van der Waals surface area contributed by atoms with Gasteiger partial charge in [-0.3, -0.25) is 14.2 Å². The van der Waals surface area contributed by atoms with Gasteiger partial charge in [0.2, 0.25) is 5.91 Å². The minimum absolute atomic E-state index is 0.176. The number of nitrogens with one attached hydrogen (secondary N) is 1. The number of aromatic nitrogens is 4. The van der Waals surface area contributed by atoms with Crippen molar-refractivity contribution >= 4 is 46.0 Å². The highest BCUT2D eigenvalue weighted by molar-refractivity contribution is 7.99. The third-order valence-electron chi connectivity index (χ3n) is 5.37. The zero-order chi connectivity index (χ0) is 24.0. The van der Waals surface area contributed by atoms with Crippen molar-refractivity contribution < 1.29 is 18.0 Å². The van der Waals surface area contributed by atoms with Gasteiger partial charge in [0.1, 0.15) is 5.39 Å². The molecule has 2 aromatic carbocycles. The minimum Gasteiger partial charge on any atom is -0.325 e. The van der Waals surface area contributed by atoms with Gasteiger partial charge in [0.25, 0.3) is 5.56 Å². The van der Waals surface area contributed by atoms with Gasteiger partial charge in [-0.15, -0.1) is 0 Å². The molecule has 1 N–H and O–H groups in total. The van der Waals surface area contributed by atoms with Crippen LogP contribution < -0.4 is 10.9 Å². The van der Waals surface area contributed by atoms with E-state index in [0.29, 0.717) is 27.3 Å². The molecule has 2 aromatic heterocycles. The number of nitrogens with zero attached hydrogens (tertiary/aromatic N) is 4. The van der Waals surface area contributed by atoms with Crippen LogP contribution in [0.1, 0.15) is 18.0 Å². The normalized spacial score (nSPS) is 15.5. The number of fused-ring (bicyclic) bond motifs is 2. The lowest BCUT2D eigenvalue weighted by Gasteiger charge is -2.16. The highest BCUT2D eigenvalue weighted by atomic mass is 35.5. The van der Waals surface area contributed by atoms with Crippen molar-refractivity contribution in [1.82, 2.24) is 19.3 Å². The summed E-state index contributed by atoms with van der Waals surface area (Å²) in [5, 5.41) is 7.85. The summed E-state index contributed by atoms with van der Waals surface area (Å²) in [4.78, 5) is 30.4. The van der Waals surface area contributed by atoms with E-state index in [1.54, 1.807) is 24.3 Å². The van der Waals surface area contributed by atoms with Crippen molar-refractivity contribution in [2.45, 2.75) is 23.8 Å². The fourth-order valence-corrected chi connectivity index (χ4v) is 5.06. The van der Waals surface area contributed by atoms with Crippen LogP contribution in [-0.4, -0.2) is 31.0 Å². The van der Waals surface area contributed by atoms with Crippen LogP contribution in [-0.2, 0) is 11.0 Å². The maximum absolute atomic E-state index is 13.2. The van der Waals surface area contributed by atoms with Crippen LogP contribution in [0.4, 0.5) is 18.9 Å². The van der Waals surface area contributed by atoms with E-state index in [9.17, 15) is 22.8 Å². The van der Waals surface area contributed by atoms with Crippen LogP contribution in [0.15, 0.2) is 64.7 Å². The first-order chi connectivity index (χ1) is 16.2. The van der Waals surface area contributed by atoms with Crippen molar-refractivity contribution in [3.63, 3.8) is 0 Å². The molecule has 4 aromatic rings. The van der Waals surface area contributed by atoms with E-state index in [2.05, 4.69) is 15.4 Å². The van der Waals surface area contributed by atoms with Gasteiger partial charge in [-0.05, 0) is 36.4 Å². The Balaban J connectivity index is 1.43. The molecule has 1 atom stereocenters. The average Bonchev–Trinajstić information content (AvgIpc) is 3.39. The molecule has 7 nitrogen and oxygen atoms in total. The number of hydrogen-bond donors (Lipinski definition) is 1. The van der Waals surface area contributed by atoms with Crippen LogP contribution in [0.5, 0.6) is 0 Å². The molecule has 5 rings (SSSR count). The summed E-state index contributed by atoms with van der Waals surface area (Å²) in [6.45, 7) is 0. The number of thioether (sulfide) groups is 1. The SMILES string of the molecule is O=C(CC1CSc2nc3c(cnn3-c3ccc(Cl)cc3)c(=O)n21)Nc1ccccc1C(F)(F)F. The average molecular weight is 506 g/mol. The maximum Gasteiger partial charge on any atom is 0.418 e. The Morgan fingerprint density at radius 1 is 1.18 bits per heavy atom. The molecule has 0 aliphatic carbocycles. The number of carbonyl (C=O) groups excluding carboxylic acids is 1. The number of alkyl halides is 3. The monoisotopic (exact) mass is 505 g/mol. The van der Waals surface area contributed by atoms with Crippen molar-refractivity contribution in [2.24, 2.45) is 0 Å². The standard InChI is InChI=1S/C22H15ClF3N5O2S/c23-12-5-7-13(8-6-12)31-19-15(10-27-31)20(33)30-14(11-34-21(30)29-19)9-18(32)28-17-4-2-1-3-16(17)22(24,25)26/h1-8,10,14H,9,11H2,(H,28,32). The summed E-state index contributed by atoms with van der Waals surface area (Å²) in [7, 11) is 0. The molecule has 0 saturated carbocycles. The summed E-state index contributed by atoms with van der Waals surface area (Å²) in [5.41, 5.74) is -0.566. The summed E-state index contributed by atoms with van der Waals surface area (Å²) in [6, 6.07) is 11.1. The van der Waals surface area contributed by atoms with Gasteiger partial charge in [-0.2, -0.15) is 18.3 Å². The van der Waals surface area contributed by atoms with Crippen LogP contribution >= 0.6 is 23.4 Å². The molecule has 34 heavy (non-hydrogen) atoms. The van der Waals surface area contributed by atoms with Gasteiger partial charge in [0.05, 0.1) is 29.2 Å². The zero-order valence-electron chi connectivity index (χ0n) is 17.2. The van der Waals surface area contributed by atoms with Gasteiger partial charge >= 0.3 is 6.18 Å². The molecule has 12 heteroatoms. The second kappa shape index (κ2) is 8.48. The van der Waals surface area contributed by atoms with Crippen molar-refractivity contribution in [3.05, 3.63) is 75.7 Å². The quantitative estimate of drug-likeness (QED) is 0.398. The number of amides is 1. The molecule has 0 spiro atoms. The highest BCUT2D eigenvalue weighted by Gasteiger charge is 2.34. The summed E-state index contributed by atoms with van der Waals surface area (Å²) < 4.78 is 42.6. The first kappa shape index (κ1) is 22.5. The fraction of sp³-hybridized carbons (Fsp3) is 0.182. The van der Waals surface area contributed by atoms with Crippen molar-refractivity contribution in [2.75, 3.05) is 11.1 Å². The Morgan fingerprint density at radius 2 is 1.91 bits per heavy atom. The number of anilines is 1. The number of rotatable bonds is 4. The molecule has 0 bridgehead atoms. The van der Waals surface area contributed by atoms with Gasteiger partial charge in [-0.25, -0.2) is 9.67 Å². The molecule has 3 heterocycles. The number of halogens is 4. The van der Waals surface area contributed by atoms with Crippen LogP contribution in [0, 0.1) is 0 Å². The smallest absolute Gasteiger partial charge is 0.325 e. The summed E-state index contributed by atoms with van der Waals surface area (Å²) in [6.07, 6.45) is -3.37. The maximum atomic E-state index is 13.2. The summed E-state index contributed by atoms with van der Waals surface area (Å²) >= 11 is 7.24.